The van der Waals surface area contributed by atoms with Crippen molar-refractivity contribution in [1.29, 1.82) is 0 Å². The fourth-order valence-electron chi connectivity index (χ4n) is 1.97. The van der Waals surface area contributed by atoms with Crippen LogP contribution in [0.25, 0.3) is 0 Å². The maximum atomic E-state index is 11.5. The van der Waals surface area contributed by atoms with Gasteiger partial charge in [0.05, 0.1) is 12.5 Å². The molecule has 9 nitrogen and oxygen atoms in total. The van der Waals surface area contributed by atoms with Crippen molar-refractivity contribution >= 4 is 5.84 Å². The van der Waals surface area contributed by atoms with Gasteiger partial charge in [-0.1, -0.05) is 0 Å². The molecule has 0 saturated heterocycles. The van der Waals surface area contributed by atoms with Gasteiger partial charge in [-0.15, -0.1) is 5.10 Å². The molecule has 0 fully saturated rings. The summed E-state index contributed by atoms with van der Waals surface area (Å²) in [5.74, 6) is 0.256. The Balaban J connectivity index is 2.43. The van der Waals surface area contributed by atoms with E-state index in [4.69, 9.17) is 16.2 Å². The first-order valence-corrected chi connectivity index (χ1v) is 6.03. The summed E-state index contributed by atoms with van der Waals surface area (Å²) >= 11 is 0. The number of nitrogens with two attached hydrogens (primary N) is 2. The minimum absolute atomic E-state index is 0.00444. The van der Waals surface area contributed by atoms with Gasteiger partial charge in [-0.25, -0.2) is 4.99 Å². The van der Waals surface area contributed by atoms with Crippen LogP contribution >= 0.6 is 0 Å². The first kappa shape index (κ1) is 13.8. The Morgan fingerprint density at radius 3 is 2.80 bits per heavy atom. The van der Waals surface area contributed by atoms with Crippen LogP contribution in [0.4, 0.5) is 0 Å². The lowest BCUT2D eigenvalue weighted by atomic mass is 9.89. The number of rotatable bonds is 4. The van der Waals surface area contributed by atoms with E-state index >= 15 is 0 Å². The summed E-state index contributed by atoms with van der Waals surface area (Å²) in [6, 6.07) is 1.46. The highest BCUT2D eigenvalue weighted by Gasteiger charge is 2.52. The van der Waals surface area contributed by atoms with Crippen molar-refractivity contribution in [3.8, 4) is 5.88 Å². The quantitative estimate of drug-likeness (QED) is 0.531. The molecule has 9 heteroatoms. The highest BCUT2D eigenvalue weighted by Crippen LogP contribution is 2.33. The number of hydrogen-bond acceptors (Lipinski definition) is 7. The molecule has 1 aliphatic heterocycles. The zero-order valence-corrected chi connectivity index (χ0v) is 11.2. The maximum Gasteiger partial charge on any atom is 0.322 e. The highest BCUT2D eigenvalue weighted by atomic mass is 16.6. The van der Waals surface area contributed by atoms with Gasteiger partial charge in [-0.2, -0.15) is 0 Å². The summed E-state index contributed by atoms with van der Waals surface area (Å²) in [5, 5.41) is 18.0. The monoisotopic (exact) mass is 280 g/mol. The molecule has 0 aromatic carbocycles. The Bertz CT molecular complexity index is 591. The standard InChI is InChI=1S/C11H16N6O3/c1-6(2)20-9-5-7(15-16-9)11(17(18)19)4-3-8(12)14-10(11)13/h3,5-6H,4,12H2,1-2H3,(H2,13,14)(H,15,16). The molecule has 20 heavy (non-hydrogen) atoms. The van der Waals surface area contributed by atoms with Crippen LogP contribution < -0.4 is 16.2 Å². The van der Waals surface area contributed by atoms with E-state index in [2.05, 4.69) is 15.2 Å². The van der Waals surface area contributed by atoms with Gasteiger partial charge in [0.1, 0.15) is 11.5 Å². The van der Waals surface area contributed by atoms with Crippen molar-refractivity contribution < 1.29 is 9.66 Å². The van der Waals surface area contributed by atoms with E-state index in [0.717, 1.165) is 0 Å². The molecule has 1 aromatic rings. The van der Waals surface area contributed by atoms with Gasteiger partial charge in [0, 0.05) is 11.0 Å². The van der Waals surface area contributed by atoms with Crippen molar-refractivity contribution in [3.05, 3.63) is 33.8 Å². The minimum atomic E-state index is -1.69. The van der Waals surface area contributed by atoms with E-state index in [9.17, 15) is 10.1 Å². The average Bonchev–Trinajstić information content (AvgIpc) is 2.76. The third kappa shape index (κ3) is 2.17. The van der Waals surface area contributed by atoms with Crippen molar-refractivity contribution in [2.45, 2.75) is 31.9 Å². The van der Waals surface area contributed by atoms with Crippen LogP contribution in [0.3, 0.4) is 0 Å². The zero-order valence-electron chi connectivity index (χ0n) is 11.2. The Labute approximate surface area is 114 Å². The van der Waals surface area contributed by atoms with Crippen LogP contribution in [0.1, 0.15) is 26.0 Å². The zero-order chi connectivity index (χ0) is 14.9. The van der Waals surface area contributed by atoms with Crippen LogP contribution in [0.15, 0.2) is 23.0 Å². The van der Waals surface area contributed by atoms with Gasteiger partial charge in [0.25, 0.3) is 0 Å². The molecule has 1 unspecified atom stereocenters. The van der Waals surface area contributed by atoms with E-state index < -0.39 is 10.5 Å². The lowest BCUT2D eigenvalue weighted by molar-refractivity contribution is -0.556. The summed E-state index contributed by atoms with van der Waals surface area (Å²) in [4.78, 5) is 14.8. The van der Waals surface area contributed by atoms with Crippen LogP contribution in [-0.2, 0) is 5.54 Å². The van der Waals surface area contributed by atoms with Crippen LogP contribution in [0, 0.1) is 10.1 Å². The molecule has 1 aromatic heterocycles. The number of aromatic nitrogens is 2. The van der Waals surface area contributed by atoms with Crippen LogP contribution in [0.5, 0.6) is 5.88 Å². The molecule has 1 aliphatic rings. The van der Waals surface area contributed by atoms with Crippen LogP contribution in [0.2, 0.25) is 0 Å². The number of aromatic amines is 1. The van der Waals surface area contributed by atoms with E-state index in [1.807, 2.05) is 13.8 Å². The normalized spacial score (nSPS) is 22.4. The molecular formula is C11H16N6O3. The third-order valence-corrected chi connectivity index (χ3v) is 2.95. The number of amidine groups is 1. The van der Waals surface area contributed by atoms with Crippen molar-refractivity contribution in [3.63, 3.8) is 0 Å². The SMILES string of the molecule is CC(C)Oc1cc(C2([N+](=O)[O-])CC=C(N)N=C2N)[nH]n1. The molecule has 0 bridgehead atoms. The van der Waals surface area contributed by atoms with Crippen molar-refractivity contribution in [1.82, 2.24) is 10.2 Å². The third-order valence-electron chi connectivity index (χ3n) is 2.95. The van der Waals surface area contributed by atoms with Gasteiger partial charge in [-0.3, -0.25) is 15.2 Å². The van der Waals surface area contributed by atoms with Gasteiger partial charge in [0.2, 0.25) is 5.88 Å². The number of aliphatic imine (C=N–C) groups is 1. The predicted molar refractivity (Wildman–Crippen MR) is 71.5 cm³/mol. The lowest BCUT2D eigenvalue weighted by Gasteiger charge is -2.24. The molecule has 1 atom stereocenters. The summed E-state index contributed by atoms with van der Waals surface area (Å²) in [5.41, 5.74) is 9.79. The van der Waals surface area contributed by atoms with E-state index in [1.165, 1.54) is 12.1 Å². The largest absolute Gasteiger partial charge is 0.474 e. The van der Waals surface area contributed by atoms with E-state index in [0.29, 0.717) is 0 Å². The minimum Gasteiger partial charge on any atom is -0.474 e. The van der Waals surface area contributed by atoms with Gasteiger partial charge in [-0.05, 0) is 19.9 Å². The molecule has 0 saturated carbocycles. The van der Waals surface area contributed by atoms with Crippen molar-refractivity contribution in [2.75, 3.05) is 0 Å². The molecule has 2 rings (SSSR count). The summed E-state index contributed by atoms with van der Waals surface area (Å²) in [6.07, 6.45) is 1.37. The summed E-state index contributed by atoms with van der Waals surface area (Å²) < 4.78 is 5.38. The number of ether oxygens (including phenoxy) is 1. The predicted octanol–water partition coefficient (Wildman–Crippen LogP) is 0.230. The molecular weight excluding hydrogens is 264 g/mol. The molecule has 108 valence electrons. The molecule has 0 amide bonds. The number of nitrogens with zero attached hydrogens (tertiary/aromatic N) is 3. The lowest BCUT2D eigenvalue weighted by Crippen LogP contribution is -2.49. The summed E-state index contributed by atoms with van der Waals surface area (Å²) in [7, 11) is 0. The number of H-pyrrole nitrogens is 1. The van der Waals surface area contributed by atoms with Gasteiger partial charge in [0.15, 0.2) is 5.84 Å². The molecule has 2 heterocycles. The number of nitrogens with one attached hydrogen (secondary N) is 1. The first-order chi connectivity index (χ1) is 9.36. The fourth-order valence-corrected chi connectivity index (χ4v) is 1.97. The molecule has 0 radical (unpaired) electrons. The molecule has 0 aliphatic carbocycles. The molecule has 0 spiro atoms. The highest BCUT2D eigenvalue weighted by molar-refractivity contribution is 5.91. The Kier molecular flexibility index (Phi) is 3.35. The topological polar surface area (TPSA) is 145 Å². The Morgan fingerprint density at radius 1 is 1.55 bits per heavy atom. The maximum absolute atomic E-state index is 11.5. The number of nitro groups is 1. The van der Waals surface area contributed by atoms with E-state index in [-0.39, 0.29) is 35.8 Å². The summed E-state index contributed by atoms with van der Waals surface area (Å²) in [6.45, 7) is 3.66. The Hall–Kier alpha value is -2.58. The average molecular weight is 280 g/mol. The van der Waals surface area contributed by atoms with Gasteiger partial charge >= 0.3 is 5.54 Å². The second-order valence-electron chi connectivity index (χ2n) is 4.73. The number of hydrogen-bond donors (Lipinski definition) is 3. The van der Waals surface area contributed by atoms with Crippen LogP contribution in [-0.4, -0.2) is 27.1 Å². The Morgan fingerprint density at radius 2 is 2.25 bits per heavy atom. The van der Waals surface area contributed by atoms with E-state index in [1.54, 1.807) is 0 Å². The smallest absolute Gasteiger partial charge is 0.322 e. The molecule has 5 N–H and O–H groups in total. The van der Waals surface area contributed by atoms with Crippen molar-refractivity contribution in [2.24, 2.45) is 16.5 Å². The fraction of sp³-hybridized carbons (Fsp3) is 0.455. The second-order valence-corrected chi connectivity index (χ2v) is 4.73. The van der Waals surface area contributed by atoms with Gasteiger partial charge < -0.3 is 16.2 Å². The second kappa shape index (κ2) is 4.83. The first-order valence-electron chi connectivity index (χ1n) is 6.03.